The monoisotopic (exact) mass is 323 g/mol. The molecule has 0 heterocycles. The van der Waals surface area contributed by atoms with Crippen molar-refractivity contribution in [3.05, 3.63) is 29.3 Å². The van der Waals surface area contributed by atoms with Crippen LogP contribution in [0.5, 0.6) is 5.75 Å². The van der Waals surface area contributed by atoms with Crippen molar-refractivity contribution >= 4 is 12.4 Å². The van der Waals surface area contributed by atoms with Gasteiger partial charge in [-0.3, -0.25) is 0 Å². The number of rotatable bonds is 3. The van der Waals surface area contributed by atoms with Gasteiger partial charge in [0.15, 0.2) is 0 Å². The van der Waals surface area contributed by atoms with Crippen LogP contribution < -0.4 is 10.5 Å². The number of benzene rings is 1. The molecular weight excluding hydrogens is 312 g/mol. The van der Waals surface area contributed by atoms with Gasteiger partial charge in [-0.25, -0.2) is 0 Å². The lowest BCUT2D eigenvalue weighted by atomic mass is 10.0. The largest absolute Gasteiger partial charge is 0.497 e. The summed E-state index contributed by atoms with van der Waals surface area (Å²) in [6.45, 7) is 0. The van der Waals surface area contributed by atoms with Crippen molar-refractivity contribution in [2.75, 3.05) is 7.11 Å². The molecule has 1 rings (SSSR count). The highest BCUT2D eigenvalue weighted by Gasteiger charge is 2.34. The first-order chi connectivity index (χ1) is 8.53. The Kier molecular flexibility index (Phi) is 6.16. The number of ether oxygens (including phenoxy) is 1. The fourth-order valence-electron chi connectivity index (χ4n) is 1.48. The van der Waals surface area contributed by atoms with Gasteiger partial charge in [0.05, 0.1) is 19.1 Å². The second-order valence-corrected chi connectivity index (χ2v) is 3.92. The Balaban J connectivity index is 0.00000361. The molecule has 0 amide bonds. The molecule has 2 nitrogen and oxygen atoms in total. The predicted octanol–water partition coefficient (Wildman–Crippen LogP) is 4.09. The van der Waals surface area contributed by atoms with Crippen molar-refractivity contribution in [3.8, 4) is 5.75 Å². The smallest absolute Gasteiger partial charge is 0.416 e. The molecule has 0 aliphatic carbocycles. The third-order valence-corrected chi connectivity index (χ3v) is 2.37. The Hall–Kier alpha value is -1.15. The summed E-state index contributed by atoms with van der Waals surface area (Å²) in [5.41, 5.74) is 3.90. The number of halogens is 7. The highest BCUT2D eigenvalue weighted by molar-refractivity contribution is 5.85. The average molecular weight is 324 g/mol. The lowest BCUT2D eigenvalue weighted by Crippen LogP contribution is -2.21. The van der Waals surface area contributed by atoms with Crippen LogP contribution in [0, 0.1) is 0 Å². The average Bonchev–Trinajstić information content (AvgIpc) is 2.25. The van der Waals surface area contributed by atoms with Gasteiger partial charge in [-0.1, -0.05) is 0 Å². The van der Waals surface area contributed by atoms with Crippen molar-refractivity contribution in [3.63, 3.8) is 0 Å². The summed E-state index contributed by atoms with van der Waals surface area (Å²) >= 11 is 0. The molecule has 0 spiro atoms. The summed E-state index contributed by atoms with van der Waals surface area (Å²) in [6, 6.07) is 0.783. The van der Waals surface area contributed by atoms with E-state index in [1.54, 1.807) is 0 Å². The van der Waals surface area contributed by atoms with Gasteiger partial charge in [0.2, 0.25) is 0 Å². The molecule has 116 valence electrons. The number of hydrogen-bond acceptors (Lipinski definition) is 2. The molecule has 1 aromatic rings. The van der Waals surface area contributed by atoms with Crippen LogP contribution in [0.2, 0.25) is 0 Å². The summed E-state index contributed by atoms with van der Waals surface area (Å²) < 4.78 is 78.9. The zero-order chi connectivity index (χ0) is 14.8. The SMILES string of the molecule is COc1cc([C@H](N)CC(F)(F)F)cc(C(F)(F)F)c1.Cl. The molecule has 1 atom stereocenters. The zero-order valence-electron chi connectivity index (χ0n) is 10.2. The van der Waals surface area contributed by atoms with Gasteiger partial charge in [-0.2, -0.15) is 26.3 Å². The third-order valence-electron chi connectivity index (χ3n) is 2.37. The second-order valence-electron chi connectivity index (χ2n) is 3.92. The van der Waals surface area contributed by atoms with Crippen LogP contribution in [0.15, 0.2) is 18.2 Å². The predicted molar refractivity (Wildman–Crippen MR) is 62.8 cm³/mol. The Morgan fingerprint density at radius 2 is 1.65 bits per heavy atom. The second kappa shape index (κ2) is 6.53. The maximum Gasteiger partial charge on any atom is 0.416 e. The molecule has 0 fully saturated rings. The van der Waals surface area contributed by atoms with Gasteiger partial charge < -0.3 is 10.5 Å². The molecule has 0 aliphatic heterocycles. The van der Waals surface area contributed by atoms with E-state index in [2.05, 4.69) is 4.74 Å². The normalized spacial score (nSPS) is 13.6. The summed E-state index contributed by atoms with van der Waals surface area (Å²) in [6.07, 6.45) is -10.6. The maximum absolute atomic E-state index is 12.6. The minimum absolute atomic E-state index is 0. The molecule has 0 aliphatic rings. The molecule has 20 heavy (non-hydrogen) atoms. The number of nitrogens with two attached hydrogens (primary N) is 1. The van der Waals surface area contributed by atoms with Gasteiger partial charge in [-0.05, 0) is 23.8 Å². The van der Waals surface area contributed by atoms with Crippen LogP contribution in [0.1, 0.15) is 23.6 Å². The minimum atomic E-state index is -4.68. The van der Waals surface area contributed by atoms with Crippen molar-refractivity contribution in [2.24, 2.45) is 5.73 Å². The Morgan fingerprint density at radius 1 is 1.10 bits per heavy atom. The van der Waals surface area contributed by atoms with Gasteiger partial charge in [-0.15, -0.1) is 12.4 Å². The van der Waals surface area contributed by atoms with Crippen molar-refractivity contribution in [1.29, 1.82) is 0 Å². The minimum Gasteiger partial charge on any atom is -0.497 e. The maximum atomic E-state index is 12.6. The Labute approximate surface area is 117 Å². The molecule has 0 radical (unpaired) electrons. The van der Waals surface area contributed by atoms with Gasteiger partial charge in [0.25, 0.3) is 0 Å². The quantitative estimate of drug-likeness (QED) is 0.850. The van der Waals surface area contributed by atoms with Crippen LogP contribution in [0.4, 0.5) is 26.3 Å². The fourth-order valence-corrected chi connectivity index (χ4v) is 1.48. The Morgan fingerprint density at radius 3 is 2.05 bits per heavy atom. The lowest BCUT2D eigenvalue weighted by molar-refractivity contribution is -0.138. The van der Waals surface area contributed by atoms with E-state index in [4.69, 9.17) is 5.73 Å². The summed E-state index contributed by atoms with van der Waals surface area (Å²) in [5, 5.41) is 0. The molecule has 1 aromatic carbocycles. The van der Waals surface area contributed by atoms with Crippen molar-refractivity contribution in [1.82, 2.24) is 0 Å². The number of methoxy groups -OCH3 is 1. The lowest BCUT2D eigenvalue weighted by Gasteiger charge is -2.17. The summed E-state index contributed by atoms with van der Waals surface area (Å²) in [7, 11) is 1.12. The Bertz CT molecular complexity index is 446. The highest BCUT2D eigenvalue weighted by Crippen LogP contribution is 2.35. The first kappa shape index (κ1) is 18.9. The van der Waals surface area contributed by atoms with Gasteiger partial charge in [0, 0.05) is 6.04 Å². The first-order valence-electron chi connectivity index (χ1n) is 5.11. The number of hydrogen-bond donors (Lipinski definition) is 1. The molecule has 0 aromatic heterocycles. The summed E-state index contributed by atoms with van der Waals surface area (Å²) in [5.74, 6) is -0.192. The van der Waals surface area contributed by atoms with Gasteiger partial charge in [0.1, 0.15) is 5.75 Å². The van der Waals surface area contributed by atoms with E-state index >= 15 is 0 Å². The molecule has 9 heteroatoms. The fraction of sp³-hybridized carbons (Fsp3) is 0.455. The third kappa shape index (κ3) is 5.46. The number of alkyl halides is 6. The van der Waals surface area contributed by atoms with Crippen LogP contribution in [0.3, 0.4) is 0 Å². The van der Waals surface area contributed by atoms with E-state index in [9.17, 15) is 26.3 Å². The van der Waals surface area contributed by atoms with Crippen molar-refractivity contribution < 1.29 is 31.1 Å². The van der Waals surface area contributed by atoms with E-state index in [0.29, 0.717) is 12.1 Å². The molecule has 0 bridgehead atoms. The molecule has 0 saturated carbocycles. The summed E-state index contributed by atoms with van der Waals surface area (Å²) in [4.78, 5) is 0. The van der Waals surface area contributed by atoms with E-state index in [0.717, 1.165) is 13.2 Å². The molecule has 2 N–H and O–H groups in total. The molecule has 0 saturated heterocycles. The van der Waals surface area contributed by atoms with Crippen molar-refractivity contribution in [2.45, 2.75) is 24.8 Å². The van der Waals surface area contributed by atoms with Gasteiger partial charge >= 0.3 is 12.4 Å². The van der Waals surface area contributed by atoms with E-state index < -0.39 is 30.4 Å². The van der Waals surface area contributed by atoms with Crippen LogP contribution in [-0.2, 0) is 6.18 Å². The van der Waals surface area contributed by atoms with Crippen LogP contribution in [0.25, 0.3) is 0 Å². The van der Waals surface area contributed by atoms with E-state index in [-0.39, 0.29) is 23.7 Å². The topological polar surface area (TPSA) is 35.2 Å². The zero-order valence-corrected chi connectivity index (χ0v) is 11.0. The van der Waals surface area contributed by atoms with Crippen LogP contribution in [-0.4, -0.2) is 13.3 Å². The van der Waals surface area contributed by atoms with E-state index in [1.807, 2.05) is 0 Å². The first-order valence-corrected chi connectivity index (χ1v) is 5.11. The molecule has 0 unspecified atom stereocenters. The van der Waals surface area contributed by atoms with E-state index in [1.165, 1.54) is 0 Å². The molecular formula is C11H12ClF6NO. The standard InChI is InChI=1S/C11H11F6NO.ClH/c1-19-8-3-6(9(18)5-10(12,13)14)2-7(4-8)11(15,16)17;/h2-4,9H,5,18H2,1H3;1H/t9-;/m1./s1. The highest BCUT2D eigenvalue weighted by atomic mass is 35.5. The van der Waals surface area contributed by atoms with Crippen LogP contribution >= 0.6 is 12.4 Å².